The van der Waals surface area contributed by atoms with Crippen LogP contribution in [0.25, 0.3) is 11.5 Å². The van der Waals surface area contributed by atoms with Crippen LogP contribution in [0.3, 0.4) is 0 Å². The van der Waals surface area contributed by atoms with Crippen LogP contribution < -0.4 is 0 Å². The molecule has 23 heavy (non-hydrogen) atoms. The number of carbonyl (C=O) groups is 1. The predicted octanol–water partition coefficient (Wildman–Crippen LogP) is 3.02. The van der Waals surface area contributed by atoms with Crippen molar-refractivity contribution in [2.24, 2.45) is 0 Å². The topological polar surface area (TPSA) is 83.0 Å². The van der Waals surface area contributed by atoms with Gasteiger partial charge in [0, 0.05) is 19.0 Å². The van der Waals surface area contributed by atoms with E-state index in [-0.39, 0.29) is 11.3 Å². The van der Waals surface area contributed by atoms with Crippen molar-refractivity contribution in [3.05, 3.63) is 35.7 Å². The van der Waals surface area contributed by atoms with Crippen LogP contribution in [0.2, 0.25) is 0 Å². The van der Waals surface area contributed by atoms with Gasteiger partial charge in [-0.25, -0.2) is 0 Å². The molecular weight excluding hydrogens is 292 g/mol. The van der Waals surface area contributed by atoms with Crippen LogP contribution in [0, 0.1) is 11.3 Å². The van der Waals surface area contributed by atoms with Gasteiger partial charge in [0.1, 0.15) is 0 Å². The SMILES string of the molecule is CN(CCC#N)C(=O)c1ccccc1-c1nc(C(C)(C)C)no1. The van der Waals surface area contributed by atoms with Gasteiger partial charge in [0.2, 0.25) is 0 Å². The maximum Gasteiger partial charge on any atom is 0.258 e. The zero-order chi connectivity index (χ0) is 17.0. The summed E-state index contributed by atoms with van der Waals surface area (Å²) in [5.41, 5.74) is 0.853. The van der Waals surface area contributed by atoms with Gasteiger partial charge < -0.3 is 9.42 Å². The Morgan fingerprint density at radius 3 is 2.65 bits per heavy atom. The second-order valence-electron chi connectivity index (χ2n) is 6.35. The molecule has 0 spiro atoms. The van der Waals surface area contributed by atoms with Gasteiger partial charge in [-0.1, -0.05) is 38.1 Å². The number of nitriles is 1. The molecule has 2 rings (SSSR count). The van der Waals surface area contributed by atoms with Crippen molar-refractivity contribution in [1.29, 1.82) is 5.26 Å². The van der Waals surface area contributed by atoms with Gasteiger partial charge in [0.05, 0.1) is 23.6 Å². The van der Waals surface area contributed by atoms with Crippen LogP contribution in [0.5, 0.6) is 0 Å². The molecule has 0 bridgehead atoms. The number of nitrogens with zero attached hydrogens (tertiary/aromatic N) is 4. The first-order chi connectivity index (χ1) is 10.8. The number of amides is 1. The zero-order valence-electron chi connectivity index (χ0n) is 13.8. The highest BCUT2D eigenvalue weighted by atomic mass is 16.5. The molecular formula is C17H20N4O2. The Hall–Kier alpha value is -2.68. The molecule has 1 amide bonds. The Morgan fingerprint density at radius 1 is 1.35 bits per heavy atom. The van der Waals surface area contributed by atoms with E-state index in [1.807, 2.05) is 32.9 Å². The molecule has 2 aromatic rings. The van der Waals surface area contributed by atoms with Gasteiger partial charge in [0.25, 0.3) is 11.8 Å². The highest BCUT2D eigenvalue weighted by molar-refractivity contribution is 5.99. The van der Waals surface area contributed by atoms with E-state index >= 15 is 0 Å². The van der Waals surface area contributed by atoms with E-state index in [1.165, 1.54) is 4.90 Å². The van der Waals surface area contributed by atoms with Crippen molar-refractivity contribution in [3.8, 4) is 17.5 Å². The van der Waals surface area contributed by atoms with Gasteiger partial charge in [-0.3, -0.25) is 4.79 Å². The van der Waals surface area contributed by atoms with Crippen molar-refractivity contribution in [1.82, 2.24) is 15.0 Å². The van der Waals surface area contributed by atoms with Gasteiger partial charge in [-0.15, -0.1) is 0 Å². The predicted molar refractivity (Wildman–Crippen MR) is 85.6 cm³/mol. The normalized spacial score (nSPS) is 11.1. The lowest BCUT2D eigenvalue weighted by Gasteiger charge is -2.16. The molecule has 0 aliphatic heterocycles. The summed E-state index contributed by atoms with van der Waals surface area (Å²) >= 11 is 0. The molecule has 1 aromatic carbocycles. The average molecular weight is 312 g/mol. The number of rotatable bonds is 4. The van der Waals surface area contributed by atoms with Crippen LogP contribution in [0.15, 0.2) is 28.8 Å². The van der Waals surface area contributed by atoms with Gasteiger partial charge in [0.15, 0.2) is 5.82 Å². The van der Waals surface area contributed by atoms with Crippen molar-refractivity contribution in [2.75, 3.05) is 13.6 Å². The Bertz CT molecular complexity index is 738. The lowest BCUT2D eigenvalue weighted by Crippen LogP contribution is -2.28. The molecule has 0 unspecified atom stereocenters. The zero-order valence-corrected chi connectivity index (χ0v) is 13.8. The summed E-state index contributed by atoms with van der Waals surface area (Å²) in [6.07, 6.45) is 0.291. The first-order valence-electron chi connectivity index (χ1n) is 7.40. The van der Waals surface area contributed by atoms with Gasteiger partial charge >= 0.3 is 0 Å². The molecule has 0 saturated carbocycles. The quantitative estimate of drug-likeness (QED) is 0.866. The molecule has 120 valence electrons. The van der Waals surface area contributed by atoms with Crippen LogP contribution in [0.1, 0.15) is 43.4 Å². The summed E-state index contributed by atoms with van der Waals surface area (Å²) in [6.45, 7) is 6.36. The maximum atomic E-state index is 12.6. The fourth-order valence-corrected chi connectivity index (χ4v) is 2.02. The fraction of sp³-hybridized carbons (Fsp3) is 0.412. The number of hydrogen-bond donors (Lipinski definition) is 0. The molecule has 6 nitrogen and oxygen atoms in total. The lowest BCUT2D eigenvalue weighted by atomic mass is 9.96. The molecule has 0 atom stereocenters. The summed E-state index contributed by atoms with van der Waals surface area (Å²) in [4.78, 5) is 18.5. The lowest BCUT2D eigenvalue weighted by molar-refractivity contribution is 0.0798. The summed E-state index contributed by atoms with van der Waals surface area (Å²) in [7, 11) is 1.67. The summed E-state index contributed by atoms with van der Waals surface area (Å²) < 4.78 is 5.34. The highest BCUT2D eigenvalue weighted by Crippen LogP contribution is 2.26. The first kappa shape index (κ1) is 16.7. The smallest absolute Gasteiger partial charge is 0.258 e. The van der Waals surface area contributed by atoms with E-state index in [9.17, 15) is 4.79 Å². The van der Waals surface area contributed by atoms with E-state index in [2.05, 4.69) is 10.1 Å². The molecule has 1 aromatic heterocycles. The third-order valence-electron chi connectivity index (χ3n) is 3.39. The Labute approximate surface area is 135 Å². The van der Waals surface area contributed by atoms with E-state index in [0.717, 1.165) is 0 Å². The van der Waals surface area contributed by atoms with E-state index in [4.69, 9.17) is 9.78 Å². The monoisotopic (exact) mass is 312 g/mol. The fourth-order valence-electron chi connectivity index (χ4n) is 2.02. The Morgan fingerprint density at radius 2 is 2.04 bits per heavy atom. The van der Waals surface area contributed by atoms with Crippen LogP contribution in [-0.4, -0.2) is 34.5 Å². The van der Waals surface area contributed by atoms with E-state index < -0.39 is 0 Å². The van der Waals surface area contributed by atoms with Crippen LogP contribution in [0.4, 0.5) is 0 Å². The van der Waals surface area contributed by atoms with Crippen molar-refractivity contribution < 1.29 is 9.32 Å². The van der Waals surface area contributed by atoms with Crippen LogP contribution >= 0.6 is 0 Å². The number of hydrogen-bond acceptors (Lipinski definition) is 5. The van der Waals surface area contributed by atoms with Crippen molar-refractivity contribution in [3.63, 3.8) is 0 Å². The molecule has 6 heteroatoms. The largest absolute Gasteiger partial charge is 0.341 e. The van der Waals surface area contributed by atoms with Gasteiger partial charge in [-0.2, -0.15) is 10.2 Å². The standard InChI is InChI=1S/C17H20N4O2/c1-17(2,3)16-19-14(23-20-16)12-8-5-6-9-13(12)15(22)21(4)11-7-10-18/h5-6,8-9H,7,11H2,1-4H3. The summed E-state index contributed by atoms with van der Waals surface area (Å²) in [5, 5.41) is 12.7. The second kappa shape index (κ2) is 6.61. The molecule has 0 fully saturated rings. The minimum absolute atomic E-state index is 0.175. The van der Waals surface area contributed by atoms with E-state index in [0.29, 0.717) is 35.8 Å². The second-order valence-corrected chi connectivity index (χ2v) is 6.35. The number of aromatic nitrogens is 2. The van der Waals surface area contributed by atoms with Crippen molar-refractivity contribution >= 4 is 5.91 Å². The molecule has 0 saturated heterocycles. The molecule has 0 N–H and O–H groups in total. The summed E-state index contributed by atoms with van der Waals surface area (Å²) in [6, 6.07) is 9.15. The third kappa shape index (κ3) is 3.75. The number of carbonyl (C=O) groups excluding carboxylic acids is 1. The minimum atomic E-state index is -0.232. The number of benzene rings is 1. The third-order valence-corrected chi connectivity index (χ3v) is 3.39. The molecule has 1 heterocycles. The average Bonchev–Trinajstić information content (AvgIpc) is 3.02. The Kier molecular flexibility index (Phi) is 4.80. The minimum Gasteiger partial charge on any atom is -0.341 e. The summed E-state index contributed by atoms with van der Waals surface area (Å²) in [5.74, 6) is 0.742. The van der Waals surface area contributed by atoms with Crippen LogP contribution in [-0.2, 0) is 5.41 Å². The molecule has 0 aliphatic carbocycles. The van der Waals surface area contributed by atoms with Crippen molar-refractivity contribution in [2.45, 2.75) is 32.6 Å². The van der Waals surface area contributed by atoms with E-state index in [1.54, 1.807) is 25.2 Å². The highest BCUT2D eigenvalue weighted by Gasteiger charge is 2.24. The Balaban J connectivity index is 2.36. The molecule has 0 aliphatic rings. The first-order valence-corrected chi connectivity index (χ1v) is 7.40. The molecule has 0 radical (unpaired) electrons. The van der Waals surface area contributed by atoms with Gasteiger partial charge in [-0.05, 0) is 12.1 Å². The maximum absolute atomic E-state index is 12.6.